The predicted molar refractivity (Wildman–Crippen MR) is 58.5 cm³/mol. The Morgan fingerprint density at radius 2 is 2.15 bits per heavy atom. The van der Waals surface area contributed by atoms with Crippen LogP contribution in [0.5, 0.6) is 0 Å². The van der Waals surface area contributed by atoms with Crippen LogP contribution in [-0.4, -0.2) is 32.2 Å². The predicted octanol–water partition coefficient (Wildman–Crippen LogP) is 2.27. The molecular weight excluding hydrogens is 186 g/mol. The van der Waals surface area contributed by atoms with Crippen LogP contribution in [0, 0.1) is 5.92 Å². The minimum Gasteiger partial charge on any atom is -0.383 e. The zero-order chi connectivity index (χ0) is 10.1. The minimum absolute atomic E-state index is 0.439. The summed E-state index contributed by atoms with van der Waals surface area (Å²) in [6.45, 7) is 6.17. The van der Waals surface area contributed by atoms with Gasteiger partial charge in [-0.1, -0.05) is 13.3 Å². The molecule has 2 nitrogen and oxygen atoms in total. The van der Waals surface area contributed by atoms with Crippen LogP contribution < -0.4 is 5.32 Å². The summed E-state index contributed by atoms with van der Waals surface area (Å²) in [5.74, 6) is 1.47. The lowest BCUT2D eigenvalue weighted by atomic mass is 10.0. The van der Waals surface area contributed by atoms with Crippen molar-refractivity contribution in [2.45, 2.75) is 32.7 Å². The molecule has 0 spiro atoms. The van der Waals surface area contributed by atoms with Crippen molar-refractivity contribution >= 4 is 11.6 Å². The molecule has 1 N–H and O–H groups in total. The maximum Gasteiger partial charge on any atom is 0.0613 e. The highest BCUT2D eigenvalue weighted by atomic mass is 35.5. The fourth-order valence-electron chi connectivity index (χ4n) is 1.28. The molecule has 2 atom stereocenters. The number of alkyl halides is 1. The standard InChI is InChI=1S/C10H22ClNO/c1-4-10(5-6-11)7-12-9(2)8-13-3/h9-10,12H,4-8H2,1-3H3. The first-order valence-corrected chi connectivity index (χ1v) is 5.56. The zero-order valence-corrected chi connectivity index (χ0v) is 9.73. The number of halogens is 1. The van der Waals surface area contributed by atoms with Crippen molar-refractivity contribution in [3.05, 3.63) is 0 Å². The van der Waals surface area contributed by atoms with Gasteiger partial charge in [0.15, 0.2) is 0 Å². The molecule has 0 aliphatic rings. The molecule has 2 unspecified atom stereocenters. The van der Waals surface area contributed by atoms with Crippen LogP contribution in [-0.2, 0) is 4.74 Å². The molecule has 0 aromatic carbocycles. The van der Waals surface area contributed by atoms with E-state index in [2.05, 4.69) is 19.2 Å². The maximum atomic E-state index is 5.70. The Morgan fingerprint density at radius 3 is 2.62 bits per heavy atom. The van der Waals surface area contributed by atoms with Gasteiger partial charge in [0.1, 0.15) is 0 Å². The van der Waals surface area contributed by atoms with Crippen LogP contribution >= 0.6 is 11.6 Å². The molecule has 0 aromatic rings. The lowest BCUT2D eigenvalue weighted by molar-refractivity contribution is 0.169. The number of nitrogens with one attached hydrogen (secondary N) is 1. The highest BCUT2D eigenvalue weighted by Gasteiger charge is 2.07. The number of rotatable bonds is 8. The second kappa shape index (κ2) is 8.79. The number of ether oxygens (including phenoxy) is 1. The molecule has 0 heterocycles. The van der Waals surface area contributed by atoms with E-state index in [1.807, 2.05) is 0 Å². The van der Waals surface area contributed by atoms with Gasteiger partial charge in [0.2, 0.25) is 0 Å². The average molecular weight is 208 g/mol. The van der Waals surface area contributed by atoms with E-state index in [1.54, 1.807) is 7.11 Å². The molecular formula is C10H22ClNO. The monoisotopic (exact) mass is 207 g/mol. The summed E-state index contributed by atoms with van der Waals surface area (Å²) in [6, 6.07) is 0.439. The molecule has 0 bridgehead atoms. The van der Waals surface area contributed by atoms with Crippen molar-refractivity contribution in [2.24, 2.45) is 5.92 Å². The molecule has 80 valence electrons. The van der Waals surface area contributed by atoms with Gasteiger partial charge in [-0.25, -0.2) is 0 Å². The largest absolute Gasteiger partial charge is 0.383 e. The van der Waals surface area contributed by atoms with E-state index in [0.717, 1.165) is 25.5 Å². The van der Waals surface area contributed by atoms with E-state index < -0.39 is 0 Å². The Balaban J connectivity index is 3.46. The van der Waals surface area contributed by atoms with E-state index in [4.69, 9.17) is 16.3 Å². The Labute approximate surface area is 87.0 Å². The number of hydrogen-bond acceptors (Lipinski definition) is 2. The summed E-state index contributed by atoms with van der Waals surface area (Å²) in [5.41, 5.74) is 0. The topological polar surface area (TPSA) is 21.3 Å². The van der Waals surface area contributed by atoms with Crippen molar-refractivity contribution in [3.8, 4) is 0 Å². The first-order chi connectivity index (χ1) is 6.24. The van der Waals surface area contributed by atoms with Gasteiger partial charge in [-0.3, -0.25) is 0 Å². The SMILES string of the molecule is CCC(CCCl)CNC(C)COC. The minimum atomic E-state index is 0.439. The molecule has 0 aliphatic carbocycles. The first kappa shape index (κ1) is 13.2. The van der Waals surface area contributed by atoms with Crippen molar-refractivity contribution < 1.29 is 4.74 Å². The van der Waals surface area contributed by atoms with Crippen molar-refractivity contribution in [1.29, 1.82) is 0 Å². The Morgan fingerprint density at radius 1 is 1.46 bits per heavy atom. The maximum absolute atomic E-state index is 5.70. The Hall–Kier alpha value is 0.210. The van der Waals surface area contributed by atoms with Crippen LogP contribution in [0.2, 0.25) is 0 Å². The third kappa shape index (κ3) is 7.29. The molecule has 0 rings (SSSR count). The van der Waals surface area contributed by atoms with E-state index >= 15 is 0 Å². The molecule has 13 heavy (non-hydrogen) atoms. The first-order valence-electron chi connectivity index (χ1n) is 5.02. The van der Waals surface area contributed by atoms with Gasteiger partial charge >= 0.3 is 0 Å². The molecule has 0 amide bonds. The Bertz CT molecular complexity index is 111. The van der Waals surface area contributed by atoms with Gasteiger partial charge in [-0.15, -0.1) is 11.6 Å². The molecule has 0 saturated carbocycles. The highest BCUT2D eigenvalue weighted by Crippen LogP contribution is 2.07. The normalized spacial score (nSPS) is 15.7. The van der Waals surface area contributed by atoms with Gasteiger partial charge in [-0.05, 0) is 25.8 Å². The summed E-state index contributed by atoms with van der Waals surface area (Å²) >= 11 is 5.70. The van der Waals surface area contributed by atoms with Gasteiger partial charge in [-0.2, -0.15) is 0 Å². The van der Waals surface area contributed by atoms with Crippen LogP contribution in [0.4, 0.5) is 0 Å². The fourth-order valence-corrected chi connectivity index (χ4v) is 1.59. The van der Waals surface area contributed by atoms with Gasteiger partial charge in [0.05, 0.1) is 6.61 Å². The lowest BCUT2D eigenvalue weighted by Crippen LogP contribution is -2.34. The highest BCUT2D eigenvalue weighted by molar-refractivity contribution is 6.17. The second-order valence-corrected chi connectivity index (χ2v) is 3.89. The third-order valence-corrected chi connectivity index (χ3v) is 2.48. The molecule has 3 heteroatoms. The fraction of sp³-hybridized carbons (Fsp3) is 1.00. The summed E-state index contributed by atoms with van der Waals surface area (Å²) in [5, 5.41) is 3.44. The summed E-state index contributed by atoms with van der Waals surface area (Å²) in [4.78, 5) is 0. The summed E-state index contributed by atoms with van der Waals surface area (Å²) < 4.78 is 5.04. The van der Waals surface area contributed by atoms with Crippen LogP contribution in [0.3, 0.4) is 0 Å². The Kier molecular flexibility index (Phi) is 8.93. The third-order valence-electron chi connectivity index (χ3n) is 2.27. The van der Waals surface area contributed by atoms with E-state index in [-0.39, 0.29) is 0 Å². The van der Waals surface area contributed by atoms with Crippen LogP contribution in [0.1, 0.15) is 26.7 Å². The van der Waals surface area contributed by atoms with Gasteiger partial charge < -0.3 is 10.1 Å². The lowest BCUT2D eigenvalue weighted by Gasteiger charge is -2.18. The van der Waals surface area contributed by atoms with Gasteiger partial charge in [0.25, 0.3) is 0 Å². The number of hydrogen-bond donors (Lipinski definition) is 1. The molecule has 0 aromatic heterocycles. The van der Waals surface area contributed by atoms with E-state index in [9.17, 15) is 0 Å². The van der Waals surface area contributed by atoms with Crippen molar-refractivity contribution in [3.63, 3.8) is 0 Å². The molecule has 0 aliphatic heterocycles. The van der Waals surface area contributed by atoms with Crippen molar-refractivity contribution in [1.82, 2.24) is 5.32 Å². The molecule has 0 saturated heterocycles. The van der Waals surface area contributed by atoms with E-state index in [1.165, 1.54) is 6.42 Å². The molecule has 0 fully saturated rings. The summed E-state index contributed by atoms with van der Waals surface area (Å²) in [6.07, 6.45) is 2.30. The average Bonchev–Trinajstić information content (AvgIpc) is 2.12. The zero-order valence-electron chi connectivity index (χ0n) is 8.98. The van der Waals surface area contributed by atoms with Crippen LogP contribution in [0.25, 0.3) is 0 Å². The smallest absolute Gasteiger partial charge is 0.0613 e. The number of methoxy groups -OCH3 is 1. The van der Waals surface area contributed by atoms with Crippen LogP contribution in [0.15, 0.2) is 0 Å². The van der Waals surface area contributed by atoms with E-state index in [0.29, 0.717) is 12.0 Å². The van der Waals surface area contributed by atoms with Gasteiger partial charge in [0, 0.05) is 19.0 Å². The van der Waals surface area contributed by atoms with Crippen molar-refractivity contribution in [2.75, 3.05) is 26.1 Å². The quantitative estimate of drug-likeness (QED) is 0.617. The second-order valence-electron chi connectivity index (χ2n) is 3.52. The summed E-state index contributed by atoms with van der Waals surface area (Å²) in [7, 11) is 1.73. The molecule has 0 radical (unpaired) electrons.